The van der Waals surface area contributed by atoms with Gasteiger partial charge in [-0.3, -0.25) is 0 Å². The molecule has 1 unspecified atom stereocenters. The highest BCUT2D eigenvalue weighted by atomic mass is 35.5. The Balaban J connectivity index is 2.46. The zero-order chi connectivity index (χ0) is 12.4. The second-order valence-electron chi connectivity index (χ2n) is 3.74. The summed E-state index contributed by atoms with van der Waals surface area (Å²) in [7, 11) is 0. The SMILES string of the molecule is CC1=C(Cl)C=C(Cl)C(O)C1=Nc1ccccc1. The summed E-state index contributed by atoms with van der Waals surface area (Å²) < 4.78 is 0. The van der Waals surface area contributed by atoms with E-state index < -0.39 is 6.10 Å². The molecule has 0 fully saturated rings. The zero-order valence-electron chi connectivity index (χ0n) is 9.19. The lowest BCUT2D eigenvalue weighted by Crippen LogP contribution is -2.25. The first kappa shape index (κ1) is 12.4. The molecule has 2 rings (SSSR count). The summed E-state index contributed by atoms with van der Waals surface area (Å²) >= 11 is 11.9. The maximum absolute atomic E-state index is 9.96. The van der Waals surface area contributed by atoms with Gasteiger partial charge in [0.05, 0.1) is 16.4 Å². The maximum atomic E-state index is 9.96. The van der Waals surface area contributed by atoms with E-state index in [0.717, 1.165) is 11.3 Å². The van der Waals surface area contributed by atoms with Crippen LogP contribution in [0.5, 0.6) is 0 Å². The van der Waals surface area contributed by atoms with Crippen molar-refractivity contribution in [3.8, 4) is 0 Å². The molecule has 0 radical (unpaired) electrons. The number of aliphatic hydroxyl groups excluding tert-OH is 1. The predicted molar refractivity (Wildman–Crippen MR) is 72.0 cm³/mol. The molecule has 0 bridgehead atoms. The van der Waals surface area contributed by atoms with Crippen molar-refractivity contribution in [1.29, 1.82) is 0 Å². The lowest BCUT2D eigenvalue weighted by atomic mass is 10.0. The number of benzene rings is 1. The van der Waals surface area contributed by atoms with Gasteiger partial charge in [0.2, 0.25) is 0 Å². The Morgan fingerprint density at radius 2 is 1.82 bits per heavy atom. The molecule has 1 aromatic carbocycles. The number of hydrogen-bond donors (Lipinski definition) is 1. The Kier molecular flexibility index (Phi) is 3.67. The van der Waals surface area contributed by atoms with Crippen molar-refractivity contribution in [2.45, 2.75) is 13.0 Å². The minimum atomic E-state index is -0.903. The minimum Gasteiger partial charge on any atom is -0.381 e. The van der Waals surface area contributed by atoms with Crippen LogP contribution >= 0.6 is 23.2 Å². The van der Waals surface area contributed by atoms with Crippen LogP contribution in [0.4, 0.5) is 5.69 Å². The highest BCUT2D eigenvalue weighted by Gasteiger charge is 2.24. The van der Waals surface area contributed by atoms with Crippen molar-refractivity contribution in [2.24, 2.45) is 4.99 Å². The Morgan fingerprint density at radius 1 is 1.18 bits per heavy atom. The van der Waals surface area contributed by atoms with E-state index in [1.807, 2.05) is 37.3 Å². The Labute approximate surface area is 110 Å². The molecule has 0 spiro atoms. The number of para-hydroxylation sites is 1. The largest absolute Gasteiger partial charge is 0.381 e. The molecule has 1 N–H and O–H groups in total. The van der Waals surface area contributed by atoms with Crippen LogP contribution in [0.3, 0.4) is 0 Å². The first-order chi connectivity index (χ1) is 8.09. The average Bonchev–Trinajstić information content (AvgIpc) is 2.33. The van der Waals surface area contributed by atoms with Gasteiger partial charge in [0, 0.05) is 5.03 Å². The molecule has 1 aliphatic rings. The molecule has 0 saturated heterocycles. The second kappa shape index (κ2) is 5.05. The van der Waals surface area contributed by atoms with Crippen LogP contribution in [-0.2, 0) is 0 Å². The van der Waals surface area contributed by atoms with E-state index in [1.54, 1.807) is 6.08 Å². The Morgan fingerprint density at radius 3 is 2.47 bits per heavy atom. The fourth-order valence-electron chi connectivity index (χ4n) is 1.55. The zero-order valence-corrected chi connectivity index (χ0v) is 10.7. The van der Waals surface area contributed by atoms with Crippen LogP contribution in [0.25, 0.3) is 0 Å². The van der Waals surface area contributed by atoms with Gasteiger partial charge in [0.1, 0.15) is 6.10 Å². The third-order valence-corrected chi connectivity index (χ3v) is 3.24. The topological polar surface area (TPSA) is 32.6 Å². The summed E-state index contributed by atoms with van der Waals surface area (Å²) in [5, 5.41) is 10.8. The van der Waals surface area contributed by atoms with Crippen LogP contribution in [0.2, 0.25) is 0 Å². The lowest BCUT2D eigenvalue weighted by molar-refractivity contribution is 0.284. The van der Waals surface area contributed by atoms with E-state index in [1.165, 1.54) is 0 Å². The summed E-state index contributed by atoms with van der Waals surface area (Å²) in [5.41, 5.74) is 2.00. The summed E-state index contributed by atoms with van der Waals surface area (Å²) in [4.78, 5) is 4.38. The van der Waals surface area contributed by atoms with Crippen molar-refractivity contribution in [3.05, 3.63) is 52.0 Å². The molecule has 17 heavy (non-hydrogen) atoms. The van der Waals surface area contributed by atoms with Gasteiger partial charge < -0.3 is 5.11 Å². The molecule has 0 aromatic heterocycles. The summed E-state index contributed by atoms with van der Waals surface area (Å²) in [6.45, 7) is 1.81. The third-order valence-electron chi connectivity index (χ3n) is 2.53. The highest BCUT2D eigenvalue weighted by molar-refractivity contribution is 6.40. The number of aliphatic hydroxyl groups is 1. The molecule has 1 aliphatic carbocycles. The number of rotatable bonds is 1. The second-order valence-corrected chi connectivity index (χ2v) is 4.58. The van der Waals surface area contributed by atoms with Gasteiger partial charge in [-0.1, -0.05) is 41.4 Å². The molecule has 0 heterocycles. The number of aliphatic imine (C=N–C) groups is 1. The van der Waals surface area contributed by atoms with Gasteiger partial charge in [-0.15, -0.1) is 0 Å². The average molecular weight is 268 g/mol. The molecule has 88 valence electrons. The van der Waals surface area contributed by atoms with Gasteiger partial charge in [0.15, 0.2) is 0 Å². The van der Waals surface area contributed by atoms with Crippen molar-refractivity contribution < 1.29 is 5.11 Å². The smallest absolute Gasteiger partial charge is 0.132 e. The molecule has 1 aromatic rings. The van der Waals surface area contributed by atoms with Crippen LogP contribution in [-0.4, -0.2) is 16.9 Å². The van der Waals surface area contributed by atoms with E-state index >= 15 is 0 Å². The fraction of sp³-hybridized carbons (Fsp3) is 0.154. The summed E-state index contributed by atoms with van der Waals surface area (Å²) in [5.74, 6) is 0. The number of halogens is 2. The molecule has 0 amide bonds. The molecular weight excluding hydrogens is 257 g/mol. The quantitative estimate of drug-likeness (QED) is 0.826. The van der Waals surface area contributed by atoms with Crippen molar-refractivity contribution in [3.63, 3.8) is 0 Å². The van der Waals surface area contributed by atoms with Gasteiger partial charge in [-0.2, -0.15) is 0 Å². The first-order valence-electron chi connectivity index (χ1n) is 5.15. The van der Waals surface area contributed by atoms with E-state index in [-0.39, 0.29) is 5.03 Å². The summed E-state index contributed by atoms with van der Waals surface area (Å²) in [6.07, 6.45) is 0.645. The maximum Gasteiger partial charge on any atom is 0.132 e. The van der Waals surface area contributed by atoms with Crippen molar-refractivity contribution in [1.82, 2.24) is 0 Å². The highest BCUT2D eigenvalue weighted by Crippen LogP contribution is 2.28. The monoisotopic (exact) mass is 267 g/mol. The molecule has 0 saturated carbocycles. The van der Waals surface area contributed by atoms with Crippen LogP contribution < -0.4 is 0 Å². The van der Waals surface area contributed by atoms with Gasteiger partial charge in [-0.25, -0.2) is 4.99 Å². The molecular formula is C13H11Cl2NO. The van der Waals surface area contributed by atoms with Crippen LogP contribution in [0.1, 0.15) is 6.92 Å². The molecule has 2 nitrogen and oxygen atoms in total. The van der Waals surface area contributed by atoms with E-state index in [9.17, 15) is 5.11 Å². The van der Waals surface area contributed by atoms with Crippen molar-refractivity contribution in [2.75, 3.05) is 0 Å². The van der Waals surface area contributed by atoms with Gasteiger partial charge in [0.25, 0.3) is 0 Å². The van der Waals surface area contributed by atoms with E-state index in [4.69, 9.17) is 23.2 Å². The molecule has 0 aliphatic heterocycles. The molecule has 1 atom stereocenters. The lowest BCUT2D eigenvalue weighted by Gasteiger charge is -2.19. The fourth-order valence-corrected chi connectivity index (χ4v) is 2.04. The van der Waals surface area contributed by atoms with E-state index in [0.29, 0.717) is 10.7 Å². The van der Waals surface area contributed by atoms with Crippen molar-refractivity contribution >= 4 is 34.6 Å². The number of allylic oxidation sites excluding steroid dienone is 2. The first-order valence-corrected chi connectivity index (χ1v) is 5.90. The van der Waals surface area contributed by atoms with Crippen LogP contribution in [0.15, 0.2) is 57.0 Å². The van der Waals surface area contributed by atoms with Gasteiger partial charge in [-0.05, 0) is 30.7 Å². The predicted octanol–water partition coefficient (Wildman–Crippen LogP) is 3.77. The summed E-state index contributed by atoms with van der Waals surface area (Å²) in [6, 6.07) is 9.38. The number of hydrogen-bond acceptors (Lipinski definition) is 2. The minimum absolute atomic E-state index is 0.287. The Bertz CT molecular complexity index is 517. The van der Waals surface area contributed by atoms with E-state index in [2.05, 4.69) is 4.99 Å². The Hall–Kier alpha value is -1.09. The standard InChI is InChI=1S/C13H11Cl2NO/c1-8-10(14)7-11(15)13(17)12(8)16-9-5-3-2-4-6-9/h2-7,13,17H,1H3. The number of nitrogens with zero attached hydrogens (tertiary/aromatic N) is 1. The normalized spacial score (nSPS) is 22.9. The van der Waals surface area contributed by atoms with Gasteiger partial charge >= 0.3 is 0 Å². The third kappa shape index (κ3) is 2.60. The molecule has 4 heteroatoms. The van der Waals surface area contributed by atoms with Crippen LogP contribution in [0, 0.1) is 0 Å².